The highest BCUT2D eigenvalue weighted by molar-refractivity contribution is 6.33. The molecule has 0 atom stereocenters. The predicted octanol–water partition coefficient (Wildman–Crippen LogP) is 4.12. The molecule has 0 radical (unpaired) electrons. The average Bonchev–Trinajstić information content (AvgIpc) is 2.45. The Morgan fingerprint density at radius 1 is 1.24 bits per heavy atom. The molecule has 2 aromatic carbocycles. The van der Waals surface area contributed by atoms with Crippen LogP contribution in [0.15, 0.2) is 30.3 Å². The first-order valence-electron chi connectivity index (χ1n) is 6.35. The van der Waals surface area contributed by atoms with E-state index in [1.165, 1.54) is 19.2 Å². The van der Waals surface area contributed by atoms with Crippen molar-refractivity contribution in [2.45, 2.75) is 13.8 Å². The van der Waals surface area contributed by atoms with Gasteiger partial charge >= 0.3 is 5.97 Å². The van der Waals surface area contributed by atoms with Crippen LogP contribution in [0.1, 0.15) is 21.5 Å². The molecule has 4 nitrogen and oxygen atoms in total. The van der Waals surface area contributed by atoms with E-state index in [9.17, 15) is 4.79 Å². The number of ether oxygens (including phenoxy) is 2. The van der Waals surface area contributed by atoms with E-state index in [1.807, 2.05) is 32.0 Å². The maximum atomic E-state index is 11.9. The Morgan fingerprint density at radius 2 is 1.95 bits per heavy atom. The number of carbonyl (C=O) groups excluding carboxylic acids is 1. The van der Waals surface area contributed by atoms with Crippen LogP contribution in [0.3, 0.4) is 0 Å². The van der Waals surface area contributed by atoms with Crippen LogP contribution in [0, 0.1) is 13.8 Å². The van der Waals surface area contributed by atoms with Gasteiger partial charge in [-0.3, -0.25) is 0 Å². The van der Waals surface area contributed by atoms with Crippen molar-refractivity contribution in [2.24, 2.45) is 0 Å². The SMILES string of the molecule is COC(=O)c1cc(N)cc(Cl)c1Oc1cccc(C)c1C. The molecule has 0 saturated carbocycles. The van der Waals surface area contributed by atoms with Gasteiger partial charge in [0.25, 0.3) is 0 Å². The zero-order valence-corrected chi connectivity index (χ0v) is 12.8. The van der Waals surface area contributed by atoms with Gasteiger partial charge in [-0.25, -0.2) is 4.79 Å². The molecule has 2 N–H and O–H groups in total. The summed E-state index contributed by atoms with van der Waals surface area (Å²) in [5.74, 6) is 0.322. The zero-order chi connectivity index (χ0) is 15.6. The third-order valence-corrected chi connectivity index (χ3v) is 3.52. The highest BCUT2D eigenvalue weighted by Crippen LogP contribution is 2.37. The molecule has 2 aromatic rings. The fraction of sp³-hybridized carbons (Fsp3) is 0.188. The van der Waals surface area contributed by atoms with Crippen molar-refractivity contribution in [3.05, 3.63) is 52.0 Å². The van der Waals surface area contributed by atoms with E-state index in [2.05, 4.69) is 0 Å². The van der Waals surface area contributed by atoms with Crippen molar-refractivity contribution < 1.29 is 14.3 Å². The molecule has 0 aromatic heterocycles. The topological polar surface area (TPSA) is 61.5 Å². The Labute approximate surface area is 128 Å². The summed E-state index contributed by atoms with van der Waals surface area (Å²) in [4.78, 5) is 11.9. The molecule has 0 unspecified atom stereocenters. The molecule has 0 aliphatic rings. The number of hydrogen-bond acceptors (Lipinski definition) is 4. The number of carbonyl (C=O) groups is 1. The maximum Gasteiger partial charge on any atom is 0.341 e. The number of nitrogen functional groups attached to an aromatic ring is 1. The van der Waals surface area contributed by atoms with Gasteiger partial charge in [0, 0.05) is 5.69 Å². The Balaban J connectivity index is 2.53. The first-order valence-corrected chi connectivity index (χ1v) is 6.73. The van der Waals surface area contributed by atoms with Gasteiger partial charge in [0.15, 0.2) is 5.75 Å². The summed E-state index contributed by atoms with van der Waals surface area (Å²) in [7, 11) is 1.29. The summed E-state index contributed by atoms with van der Waals surface area (Å²) in [6.45, 7) is 3.92. The molecule has 0 fully saturated rings. The van der Waals surface area contributed by atoms with Crippen LogP contribution in [-0.4, -0.2) is 13.1 Å². The van der Waals surface area contributed by atoms with E-state index in [-0.39, 0.29) is 16.3 Å². The lowest BCUT2D eigenvalue weighted by Crippen LogP contribution is -2.06. The average molecular weight is 306 g/mol. The zero-order valence-electron chi connectivity index (χ0n) is 12.1. The minimum atomic E-state index is -0.551. The maximum absolute atomic E-state index is 11.9. The first-order chi connectivity index (χ1) is 9.93. The summed E-state index contributed by atoms with van der Waals surface area (Å²) in [6, 6.07) is 8.69. The summed E-state index contributed by atoms with van der Waals surface area (Å²) in [6.07, 6.45) is 0. The normalized spacial score (nSPS) is 10.3. The molecule has 110 valence electrons. The number of methoxy groups -OCH3 is 1. The number of esters is 1. The molecular weight excluding hydrogens is 290 g/mol. The molecule has 0 aliphatic heterocycles. The highest BCUT2D eigenvalue weighted by atomic mass is 35.5. The second kappa shape index (κ2) is 6.06. The lowest BCUT2D eigenvalue weighted by molar-refractivity contribution is 0.0598. The first kappa shape index (κ1) is 15.2. The molecular formula is C16H16ClNO3. The molecule has 21 heavy (non-hydrogen) atoms. The third kappa shape index (κ3) is 3.11. The van der Waals surface area contributed by atoms with Gasteiger partial charge in [0.1, 0.15) is 11.3 Å². The van der Waals surface area contributed by atoms with Gasteiger partial charge in [0.2, 0.25) is 0 Å². The molecule has 0 bridgehead atoms. The number of halogens is 1. The number of nitrogens with two attached hydrogens (primary N) is 1. The van der Waals surface area contributed by atoms with Crippen molar-refractivity contribution in [2.75, 3.05) is 12.8 Å². The van der Waals surface area contributed by atoms with Crippen LogP contribution >= 0.6 is 11.6 Å². The van der Waals surface area contributed by atoms with Crippen LogP contribution in [0.25, 0.3) is 0 Å². The molecule has 0 saturated heterocycles. The van der Waals surface area contributed by atoms with Crippen LogP contribution in [0.2, 0.25) is 5.02 Å². The summed E-state index contributed by atoms with van der Waals surface area (Å²) in [5.41, 5.74) is 8.34. The van der Waals surface area contributed by atoms with Crippen LogP contribution in [0.4, 0.5) is 5.69 Å². The smallest absolute Gasteiger partial charge is 0.341 e. The predicted molar refractivity (Wildman–Crippen MR) is 83.2 cm³/mol. The summed E-state index contributed by atoms with van der Waals surface area (Å²) in [5, 5.41) is 0.260. The summed E-state index contributed by atoms with van der Waals surface area (Å²) < 4.78 is 10.6. The number of aryl methyl sites for hydroxylation is 1. The van der Waals surface area contributed by atoms with Crippen LogP contribution < -0.4 is 10.5 Å². The van der Waals surface area contributed by atoms with Gasteiger partial charge in [-0.2, -0.15) is 0 Å². The Morgan fingerprint density at radius 3 is 2.62 bits per heavy atom. The summed E-state index contributed by atoms with van der Waals surface area (Å²) >= 11 is 6.16. The van der Waals surface area contributed by atoms with E-state index >= 15 is 0 Å². The van der Waals surface area contributed by atoms with E-state index in [1.54, 1.807) is 0 Å². The molecule has 5 heteroatoms. The van der Waals surface area contributed by atoms with Gasteiger partial charge < -0.3 is 15.2 Å². The van der Waals surface area contributed by atoms with Gasteiger partial charge in [-0.05, 0) is 43.2 Å². The molecule has 0 amide bonds. The van der Waals surface area contributed by atoms with Gasteiger partial charge in [0.05, 0.1) is 12.1 Å². The van der Waals surface area contributed by atoms with E-state index in [0.29, 0.717) is 11.4 Å². The van der Waals surface area contributed by atoms with Gasteiger partial charge in [-0.1, -0.05) is 23.7 Å². The van der Waals surface area contributed by atoms with Crippen LogP contribution in [0.5, 0.6) is 11.5 Å². The van der Waals surface area contributed by atoms with Crippen molar-refractivity contribution in [1.29, 1.82) is 0 Å². The molecule has 0 aliphatic carbocycles. The molecule has 2 rings (SSSR count). The van der Waals surface area contributed by atoms with Crippen molar-refractivity contribution >= 4 is 23.3 Å². The fourth-order valence-electron chi connectivity index (χ4n) is 1.92. The van der Waals surface area contributed by atoms with E-state index in [0.717, 1.165) is 11.1 Å². The Bertz CT molecular complexity index is 698. The van der Waals surface area contributed by atoms with E-state index < -0.39 is 5.97 Å². The standard InChI is InChI=1S/C16H16ClNO3/c1-9-5-4-6-14(10(9)2)21-15-12(16(19)20-3)7-11(18)8-13(15)17/h4-8H,18H2,1-3H3. The van der Waals surface area contributed by atoms with Crippen LogP contribution in [-0.2, 0) is 4.74 Å². The minimum absolute atomic E-state index is 0.198. The van der Waals surface area contributed by atoms with Gasteiger partial charge in [-0.15, -0.1) is 0 Å². The number of anilines is 1. The fourth-order valence-corrected chi connectivity index (χ4v) is 2.19. The Hall–Kier alpha value is -2.20. The van der Waals surface area contributed by atoms with Crippen molar-refractivity contribution in [3.8, 4) is 11.5 Å². The Kier molecular flexibility index (Phi) is 4.38. The third-order valence-electron chi connectivity index (χ3n) is 3.24. The lowest BCUT2D eigenvalue weighted by atomic mass is 10.1. The largest absolute Gasteiger partial charge is 0.465 e. The monoisotopic (exact) mass is 305 g/mol. The molecule has 0 spiro atoms. The second-order valence-electron chi connectivity index (χ2n) is 4.67. The second-order valence-corrected chi connectivity index (χ2v) is 5.08. The quantitative estimate of drug-likeness (QED) is 0.684. The number of benzene rings is 2. The minimum Gasteiger partial charge on any atom is -0.465 e. The highest BCUT2D eigenvalue weighted by Gasteiger charge is 2.19. The van der Waals surface area contributed by atoms with E-state index in [4.69, 9.17) is 26.8 Å². The molecule has 0 heterocycles. The lowest BCUT2D eigenvalue weighted by Gasteiger charge is -2.15. The number of hydrogen-bond donors (Lipinski definition) is 1. The van der Waals surface area contributed by atoms with Crippen molar-refractivity contribution in [3.63, 3.8) is 0 Å². The number of rotatable bonds is 3. The van der Waals surface area contributed by atoms with Crippen molar-refractivity contribution in [1.82, 2.24) is 0 Å².